The van der Waals surface area contributed by atoms with Crippen LogP contribution in [0.15, 0.2) is 52.5 Å². The van der Waals surface area contributed by atoms with Crippen molar-refractivity contribution < 1.29 is 23.8 Å². The van der Waals surface area contributed by atoms with E-state index in [2.05, 4.69) is 15.9 Å². The molecular formula is C21H18BrNO5. The first-order valence-corrected chi connectivity index (χ1v) is 9.21. The molecule has 0 atom stereocenters. The van der Waals surface area contributed by atoms with Crippen LogP contribution in [0.5, 0.6) is 11.5 Å². The van der Waals surface area contributed by atoms with Crippen molar-refractivity contribution in [3.63, 3.8) is 0 Å². The summed E-state index contributed by atoms with van der Waals surface area (Å²) in [4.78, 5) is 23.7. The van der Waals surface area contributed by atoms with E-state index in [1.165, 1.54) is 12.1 Å². The highest BCUT2D eigenvalue weighted by molar-refractivity contribution is 9.10. The van der Waals surface area contributed by atoms with Gasteiger partial charge in [-0.25, -0.2) is 9.59 Å². The molecule has 0 spiro atoms. The molecule has 2 aromatic carbocycles. The minimum Gasteiger partial charge on any atom is -0.482 e. The van der Waals surface area contributed by atoms with Crippen molar-refractivity contribution in [3.8, 4) is 17.6 Å². The maximum atomic E-state index is 12.0. The van der Waals surface area contributed by atoms with Crippen LogP contribution >= 0.6 is 15.9 Å². The van der Waals surface area contributed by atoms with Crippen LogP contribution in [0.1, 0.15) is 18.1 Å². The lowest BCUT2D eigenvalue weighted by atomic mass is 10.1. The fraction of sp³-hybridized carbons (Fsp3) is 0.190. The van der Waals surface area contributed by atoms with E-state index in [4.69, 9.17) is 19.5 Å². The van der Waals surface area contributed by atoms with E-state index in [1.54, 1.807) is 37.3 Å². The Morgan fingerprint density at radius 2 is 1.96 bits per heavy atom. The van der Waals surface area contributed by atoms with Crippen molar-refractivity contribution in [2.75, 3.05) is 13.2 Å². The van der Waals surface area contributed by atoms with Gasteiger partial charge in [0, 0.05) is 4.47 Å². The molecule has 2 aromatic rings. The van der Waals surface area contributed by atoms with Crippen molar-refractivity contribution in [2.45, 2.75) is 13.8 Å². The molecule has 0 bridgehead atoms. The average Bonchev–Trinajstić information content (AvgIpc) is 2.67. The van der Waals surface area contributed by atoms with Gasteiger partial charge in [0.05, 0.1) is 6.61 Å². The molecule has 0 amide bonds. The van der Waals surface area contributed by atoms with Gasteiger partial charge in [-0.05, 0) is 61.4 Å². The molecule has 0 aliphatic carbocycles. The minimum absolute atomic E-state index is 0.140. The number of halogens is 1. The van der Waals surface area contributed by atoms with Crippen LogP contribution in [-0.4, -0.2) is 25.2 Å². The van der Waals surface area contributed by atoms with Gasteiger partial charge in [0.25, 0.3) is 0 Å². The standard InChI is InChI=1S/C21H18BrNO5/c1-3-26-21(25)16(12-23)10-15-5-4-6-18(11-15)28-20(24)13-27-17-7-8-19(22)14(2)9-17/h4-11H,3,13H2,1-2H3/b16-10+. The Hall–Kier alpha value is -3.11. The molecule has 0 fully saturated rings. The molecule has 0 saturated carbocycles. The zero-order valence-corrected chi connectivity index (χ0v) is 17.0. The third-order valence-corrected chi connectivity index (χ3v) is 4.39. The summed E-state index contributed by atoms with van der Waals surface area (Å²) in [5.41, 5.74) is 1.37. The fourth-order valence-corrected chi connectivity index (χ4v) is 2.44. The SMILES string of the molecule is CCOC(=O)/C(C#N)=C/c1cccc(OC(=O)COc2ccc(Br)c(C)c2)c1. The lowest BCUT2D eigenvalue weighted by Gasteiger charge is -2.08. The van der Waals surface area contributed by atoms with Crippen molar-refractivity contribution in [2.24, 2.45) is 0 Å². The first-order valence-electron chi connectivity index (χ1n) is 8.41. The maximum Gasteiger partial charge on any atom is 0.349 e. The average molecular weight is 444 g/mol. The van der Waals surface area contributed by atoms with E-state index in [-0.39, 0.29) is 24.5 Å². The Kier molecular flexibility index (Phi) is 7.78. The van der Waals surface area contributed by atoms with Gasteiger partial charge in [-0.1, -0.05) is 28.1 Å². The van der Waals surface area contributed by atoms with Crippen LogP contribution < -0.4 is 9.47 Å². The van der Waals surface area contributed by atoms with E-state index in [1.807, 2.05) is 19.1 Å². The molecule has 7 heteroatoms. The zero-order valence-electron chi connectivity index (χ0n) is 15.4. The number of hydrogen-bond acceptors (Lipinski definition) is 6. The third-order valence-electron chi connectivity index (χ3n) is 3.50. The van der Waals surface area contributed by atoms with Gasteiger partial charge in [-0.3, -0.25) is 0 Å². The number of nitriles is 1. The topological polar surface area (TPSA) is 85.6 Å². The molecule has 0 heterocycles. The second-order valence-corrected chi connectivity index (χ2v) is 6.49. The Bertz CT molecular complexity index is 946. The summed E-state index contributed by atoms with van der Waals surface area (Å²) in [6, 6.07) is 13.6. The summed E-state index contributed by atoms with van der Waals surface area (Å²) in [6.07, 6.45) is 1.37. The Morgan fingerprint density at radius 1 is 1.18 bits per heavy atom. The van der Waals surface area contributed by atoms with Crippen LogP contribution in [0, 0.1) is 18.3 Å². The number of ether oxygens (including phenoxy) is 3. The summed E-state index contributed by atoms with van der Waals surface area (Å²) in [5.74, 6) is -0.448. The minimum atomic E-state index is -0.703. The van der Waals surface area contributed by atoms with Crippen LogP contribution in [0.3, 0.4) is 0 Å². The molecule has 0 aliphatic rings. The molecule has 0 saturated heterocycles. The Balaban J connectivity index is 2.01. The van der Waals surface area contributed by atoms with Crippen molar-refractivity contribution in [1.82, 2.24) is 0 Å². The first-order chi connectivity index (χ1) is 13.4. The van der Waals surface area contributed by atoms with Crippen LogP contribution in [-0.2, 0) is 14.3 Å². The molecule has 0 radical (unpaired) electrons. The molecule has 0 aromatic heterocycles. The molecule has 0 aliphatic heterocycles. The molecule has 0 N–H and O–H groups in total. The highest BCUT2D eigenvalue weighted by Crippen LogP contribution is 2.22. The van der Waals surface area contributed by atoms with Crippen LogP contribution in [0.25, 0.3) is 6.08 Å². The van der Waals surface area contributed by atoms with Crippen molar-refractivity contribution in [1.29, 1.82) is 5.26 Å². The number of benzene rings is 2. The maximum absolute atomic E-state index is 12.0. The van der Waals surface area contributed by atoms with Crippen LogP contribution in [0.4, 0.5) is 0 Å². The Labute approximate surface area is 171 Å². The number of rotatable bonds is 7. The first kappa shape index (κ1) is 21.2. The number of nitrogens with zero attached hydrogens (tertiary/aromatic N) is 1. The van der Waals surface area contributed by atoms with E-state index < -0.39 is 11.9 Å². The van der Waals surface area contributed by atoms with Crippen molar-refractivity contribution >= 4 is 33.9 Å². The van der Waals surface area contributed by atoms with Gasteiger partial charge < -0.3 is 14.2 Å². The van der Waals surface area contributed by atoms with E-state index in [0.29, 0.717) is 11.3 Å². The predicted octanol–water partition coefficient (Wildman–Crippen LogP) is 4.21. The molecule has 0 unspecified atom stereocenters. The number of carbonyl (C=O) groups is 2. The smallest absolute Gasteiger partial charge is 0.349 e. The molecule has 144 valence electrons. The highest BCUT2D eigenvalue weighted by atomic mass is 79.9. The largest absolute Gasteiger partial charge is 0.482 e. The van der Waals surface area contributed by atoms with Gasteiger partial charge in [-0.15, -0.1) is 0 Å². The predicted molar refractivity (Wildman–Crippen MR) is 107 cm³/mol. The molecular weight excluding hydrogens is 426 g/mol. The summed E-state index contributed by atoms with van der Waals surface area (Å²) in [7, 11) is 0. The number of esters is 2. The summed E-state index contributed by atoms with van der Waals surface area (Å²) in [6.45, 7) is 3.49. The molecule has 28 heavy (non-hydrogen) atoms. The summed E-state index contributed by atoms with van der Waals surface area (Å²) >= 11 is 3.40. The quantitative estimate of drug-likeness (QED) is 0.275. The van der Waals surface area contributed by atoms with Gasteiger partial charge in [-0.2, -0.15) is 5.26 Å². The monoisotopic (exact) mass is 443 g/mol. The van der Waals surface area contributed by atoms with E-state index in [0.717, 1.165) is 10.0 Å². The van der Waals surface area contributed by atoms with E-state index >= 15 is 0 Å². The van der Waals surface area contributed by atoms with Gasteiger partial charge >= 0.3 is 11.9 Å². The second kappa shape index (κ2) is 10.3. The van der Waals surface area contributed by atoms with E-state index in [9.17, 15) is 9.59 Å². The fourth-order valence-electron chi connectivity index (χ4n) is 2.19. The van der Waals surface area contributed by atoms with Crippen LogP contribution in [0.2, 0.25) is 0 Å². The highest BCUT2D eigenvalue weighted by Gasteiger charge is 2.11. The summed E-state index contributed by atoms with van der Waals surface area (Å²) in [5, 5.41) is 9.09. The van der Waals surface area contributed by atoms with Gasteiger partial charge in [0.15, 0.2) is 6.61 Å². The molecule has 2 rings (SSSR count). The van der Waals surface area contributed by atoms with Crippen molar-refractivity contribution in [3.05, 3.63) is 63.6 Å². The normalized spacial score (nSPS) is 10.7. The number of hydrogen-bond donors (Lipinski definition) is 0. The lowest BCUT2D eigenvalue weighted by Crippen LogP contribution is -2.17. The second-order valence-electron chi connectivity index (χ2n) is 5.64. The van der Waals surface area contributed by atoms with Gasteiger partial charge in [0.2, 0.25) is 0 Å². The summed E-state index contributed by atoms with van der Waals surface area (Å²) < 4.78 is 16.5. The van der Waals surface area contributed by atoms with Gasteiger partial charge in [0.1, 0.15) is 23.1 Å². The number of carbonyl (C=O) groups excluding carboxylic acids is 2. The lowest BCUT2D eigenvalue weighted by molar-refractivity contribution is -0.138. The Morgan fingerprint density at radius 3 is 2.64 bits per heavy atom. The number of aryl methyl sites for hydroxylation is 1. The third kappa shape index (κ3) is 6.25. The zero-order chi connectivity index (χ0) is 20.5. The molecule has 6 nitrogen and oxygen atoms in total.